The van der Waals surface area contributed by atoms with Gasteiger partial charge in [-0.3, -0.25) is 0 Å². The third-order valence-electron chi connectivity index (χ3n) is 2.75. The molecule has 90 valence electrons. The maximum Gasteiger partial charge on any atom is 0.137 e. The van der Waals surface area contributed by atoms with Crippen molar-refractivity contribution in [1.29, 1.82) is 0 Å². The van der Waals surface area contributed by atoms with Gasteiger partial charge in [-0.25, -0.2) is 0 Å². The molecule has 1 rings (SSSR count). The highest BCUT2D eigenvalue weighted by Gasteiger charge is 2.16. The monoisotopic (exact) mass is 242 g/mol. The number of nitrogens with zero attached hydrogens (tertiary/aromatic N) is 1. The van der Waals surface area contributed by atoms with Gasteiger partial charge in [-0.1, -0.05) is 11.6 Å². The number of methoxy groups -OCH3 is 1. The van der Waals surface area contributed by atoms with Crippen molar-refractivity contribution in [2.75, 3.05) is 27.7 Å². The lowest BCUT2D eigenvalue weighted by Crippen LogP contribution is -2.27. The van der Waals surface area contributed by atoms with Gasteiger partial charge >= 0.3 is 0 Å². The molecule has 0 saturated carbocycles. The third kappa shape index (κ3) is 2.67. The highest BCUT2D eigenvalue weighted by atomic mass is 35.5. The summed E-state index contributed by atoms with van der Waals surface area (Å²) in [5.74, 6) is 0.706. The maximum absolute atomic E-state index is 6.12. The molecule has 16 heavy (non-hydrogen) atoms. The van der Waals surface area contributed by atoms with Gasteiger partial charge < -0.3 is 15.4 Å². The van der Waals surface area contributed by atoms with Gasteiger partial charge in [0.1, 0.15) is 5.75 Å². The second-order valence-electron chi connectivity index (χ2n) is 4.06. The Bertz CT molecular complexity index is 366. The molecule has 0 saturated heterocycles. The predicted octanol–water partition coefficient (Wildman–Crippen LogP) is 2.22. The average Bonchev–Trinajstić information content (AvgIpc) is 2.23. The van der Waals surface area contributed by atoms with Crippen LogP contribution in [-0.4, -0.2) is 32.6 Å². The lowest BCUT2D eigenvalue weighted by atomic mass is 10.00. The topological polar surface area (TPSA) is 38.5 Å². The minimum Gasteiger partial charge on any atom is -0.495 e. The molecular formula is C12H19ClN2O. The van der Waals surface area contributed by atoms with Gasteiger partial charge in [0.15, 0.2) is 0 Å². The molecule has 0 aliphatic rings. The fourth-order valence-electron chi connectivity index (χ4n) is 1.80. The van der Waals surface area contributed by atoms with Crippen LogP contribution in [-0.2, 0) is 0 Å². The molecule has 0 aliphatic carbocycles. The molecule has 0 amide bonds. The summed E-state index contributed by atoms with van der Waals surface area (Å²) in [5, 5.41) is 0.628. The molecule has 0 fully saturated rings. The van der Waals surface area contributed by atoms with Crippen LogP contribution in [0.1, 0.15) is 17.2 Å². The van der Waals surface area contributed by atoms with Crippen LogP contribution >= 0.6 is 11.6 Å². The zero-order valence-electron chi connectivity index (χ0n) is 10.2. The summed E-state index contributed by atoms with van der Waals surface area (Å²) in [4.78, 5) is 2.09. The van der Waals surface area contributed by atoms with E-state index < -0.39 is 0 Å². The first-order valence-electron chi connectivity index (χ1n) is 5.21. The summed E-state index contributed by atoms with van der Waals surface area (Å²) in [6.07, 6.45) is 0. The van der Waals surface area contributed by atoms with Crippen LogP contribution in [0, 0.1) is 6.92 Å². The lowest BCUT2D eigenvalue weighted by molar-refractivity contribution is 0.304. The third-order valence-corrected chi connectivity index (χ3v) is 3.04. The summed E-state index contributed by atoms with van der Waals surface area (Å²) in [6, 6.07) is 4.07. The number of nitrogens with two attached hydrogens (primary N) is 1. The van der Waals surface area contributed by atoms with E-state index in [2.05, 4.69) is 4.90 Å². The Balaban J connectivity index is 3.18. The molecule has 0 bridgehead atoms. The molecular weight excluding hydrogens is 224 g/mol. The van der Waals surface area contributed by atoms with Crippen LogP contribution in [0.4, 0.5) is 0 Å². The van der Waals surface area contributed by atoms with E-state index in [-0.39, 0.29) is 6.04 Å². The summed E-state index contributed by atoms with van der Waals surface area (Å²) >= 11 is 6.12. The van der Waals surface area contributed by atoms with E-state index in [1.54, 1.807) is 7.11 Å². The van der Waals surface area contributed by atoms with Gasteiger partial charge in [0.05, 0.1) is 12.1 Å². The van der Waals surface area contributed by atoms with Crippen molar-refractivity contribution in [1.82, 2.24) is 4.90 Å². The Morgan fingerprint density at radius 3 is 2.50 bits per heavy atom. The van der Waals surface area contributed by atoms with Crippen molar-refractivity contribution in [3.8, 4) is 5.75 Å². The first kappa shape index (κ1) is 13.3. The van der Waals surface area contributed by atoms with Gasteiger partial charge in [0.2, 0.25) is 0 Å². The number of halogens is 1. The second-order valence-corrected chi connectivity index (χ2v) is 4.47. The first-order chi connectivity index (χ1) is 7.51. The fraction of sp³-hybridized carbons (Fsp3) is 0.500. The number of hydrogen-bond acceptors (Lipinski definition) is 3. The zero-order chi connectivity index (χ0) is 12.3. The predicted molar refractivity (Wildman–Crippen MR) is 68.2 cm³/mol. The number of aryl methyl sites for hydroxylation is 1. The molecule has 1 atom stereocenters. The van der Waals surface area contributed by atoms with E-state index in [4.69, 9.17) is 22.1 Å². The van der Waals surface area contributed by atoms with Crippen LogP contribution < -0.4 is 10.5 Å². The normalized spacial score (nSPS) is 12.9. The van der Waals surface area contributed by atoms with Gasteiger partial charge in [-0.15, -0.1) is 0 Å². The van der Waals surface area contributed by atoms with Gasteiger partial charge in [0.25, 0.3) is 0 Å². The Hall–Kier alpha value is -0.770. The molecule has 0 heterocycles. The number of benzene rings is 1. The smallest absolute Gasteiger partial charge is 0.137 e. The van der Waals surface area contributed by atoms with E-state index in [9.17, 15) is 0 Å². The number of ether oxygens (including phenoxy) is 1. The van der Waals surface area contributed by atoms with Crippen LogP contribution in [0.3, 0.4) is 0 Å². The summed E-state index contributed by atoms with van der Waals surface area (Å²) in [6.45, 7) is 2.61. The van der Waals surface area contributed by atoms with E-state index >= 15 is 0 Å². The molecule has 4 heteroatoms. The van der Waals surface area contributed by atoms with Gasteiger partial charge in [-0.2, -0.15) is 0 Å². The van der Waals surface area contributed by atoms with Crippen molar-refractivity contribution in [2.24, 2.45) is 5.73 Å². The summed E-state index contributed by atoms with van der Waals surface area (Å²) in [7, 11) is 5.64. The molecule has 3 nitrogen and oxygen atoms in total. The Labute approximate surface area is 102 Å². The van der Waals surface area contributed by atoms with Crippen molar-refractivity contribution in [2.45, 2.75) is 13.0 Å². The van der Waals surface area contributed by atoms with Gasteiger partial charge in [0, 0.05) is 12.6 Å². The van der Waals surface area contributed by atoms with Crippen LogP contribution in [0.25, 0.3) is 0 Å². The molecule has 0 spiro atoms. The standard InChI is InChI=1S/C12H19ClN2O/c1-8-5-12(16-4)10(13)6-9(8)11(7-14)15(2)3/h5-6,11H,7,14H2,1-4H3. The summed E-state index contributed by atoms with van der Waals surface area (Å²) < 4.78 is 5.18. The Kier molecular flexibility index (Phi) is 4.59. The van der Waals surface area contributed by atoms with E-state index in [0.717, 1.165) is 11.1 Å². The minimum absolute atomic E-state index is 0.184. The van der Waals surface area contributed by atoms with Crippen LogP contribution in [0.5, 0.6) is 5.75 Å². The average molecular weight is 243 g/mol. The Morgan fingerprint density at radius 2 is 2.06 bits per heavy atom. The maximum atomic E-state index is 6.12. The zero-order valence-corrected chi connectivity index (χ0v) is 11.0. The van der Waals surface area contributed by atoms with Crippen molar-refractivity contribution in [3.63, 3.8) is 0 Å². The number of rotatable bonds is 4. The minimum atomic E-state index is 0.184. The van der Waals surface area contributed by atoms with Crippen LogP contribution in [0.2, 0.25) is 5.02 Å². The van der Waals surface area contributed by atoms with Crippen molar-refractivity contribution in [3.05, 3.63) is 28.3 Å². The SMILES string of the molecule is COc1cc(C)c(C(CN)N(C)C)cc1Cl. The molecule has 1 unspecified atom stereocenters. The molecule has 0 aromatic heterocycles. The Morgan fingerprint density at radius 1 is 1.44 bits per heavy atom. The molecule has 1 aromatic rings. The second kappa shape index (κ2) is 5.53. The number of hydrogen-bond donors (Lipinski definition) is 1. The fourth-order valence-corrected chi connectivity index (χ4v) is 2.05. The molecule has 0 aliphatic heterocycles. The van der Waals surface area contributed by atoms with Crippen molar-refractivity contribution >= 4 is 11.6 Å². The van der Waals surface area contributed by atoms with Gasteiger partial charge in [-0.05, 0) is 44.3 Å². The van der Waals surface area contributed by atoms with E-state index in [1.807, 2.05) is 33.2 Å². The quantitative estimate of drug-likeness (QED) is 0.880. The number of likely N-dealkylation sites (N-methyl/N-ethyl adjacent to an activating group) is 1. The highest BCUT2D eigenvalue weighted by Crippen LogP contribution is 2.31. The molecule has 2 N–H and O–H groups in total. The largest absolute Gasteiger partial charge is 0.495 e. The highest BCUT2D eigenvalue weighted by molar-refractivity contribution is 6.32. The van der Waals surface area contributed by atoms with E-state index in [1.165, 1.54) is 0 Å². The summed E-state index contributed by atoms with van der Waals surface area (Å²) in [5.41, 5.74) is 8.07. The molecule has 1 aromatic carbocycles. The lowest BCUT2D eigenvalue weighted by Gasteiger charge is -2.25. The van der Waals surface area contributed by atoms with Crippen LogP contribution in [0.15, 0.2) is 12.1 Å². The van der Waals surface area contributed by atoms with Crippen molar-refractivity contribution < 1.29 is 4.74 Å². The van der Waals surface area contributed by atoms with E-state index in [0.29, 0.717) is 17.3 Å². The molecule has 0 radical (unpaired) electrons. The first-order valence-corrected chi connectivity index (χ1v) is 5.59.